The van der Waals surface area contributed by atoms with E-state index in [9.17, 15) is 9.59 Å². The third-order valence-electron chi connectivity index (χ3n) is 5.97. The number of nitrogens with zero attached hydrogens (tertiary/aromatic N) is 1. The minimum atomic E-state index is -1.25. The van der Waals surface area contributed by atoms with Crippen LogP contribution in [0.4, 0.5) is 0 Å². The third kappa shape index (κ3) is 3.06. The smallest absolute Gasteiger partial charge is 0.250 e. The summed E-state index contributed by atoms with van der Waals surface area (Å²) in [5, 5.41) is 0. The van der Waals surface area contributed by atoms with Crippen molar-refractivity contribution in [2.24, 2.45) is 5.41 Å². The molecule has 0 saturated carbocycles. The number of Topliss-reactive ketones (excluding diaryl/α,β-unsaturated/α-hetero) is 1. The molecular formula is C27H21NO2S. The van der Waals surface area contributed by atoms with Crippen molar-refractivity contribution in [3.63, 3.8) is 0 Å². The summed E-state index contributed by atoms with van der Waals surface area (Å²) >= 11 is 1.55. The lowest BCUT2D eigenvalue weighted by Gasteiger charge is -2.28. The second-order valence-corrected chi connectivity index (χ2v) is 8.78. The normalized spacial score (nSPS) is 19.4. The van der Waals surface area contributed by atoms with Crippen molar-refractivity contribution in [3.8, 4) is 0 Å². The number of amides is 1. The predicted octanol–water partition coefficient (Wildman–Crippen LogP) is 5.75. The fraction of sp³-hybridized carbons (Fsp3) is 0.111. The number of thioether (sulfide) groups is 1. The van der Waals surface area contributed by atoms with E-state index >= 15 is 0 Å². The van der Waals surface area contributed by atoms with Crippen LogP contribution in [0.2, 0.25) is 0 Å². The first kappa shape index (κ1) is 19.6. The number of ketones is 1. The van der Waals surface area contributed by atoms with E-state index in [0.717, 1.165) is 32.9 Å². The molecule has 31 heavy (non-hydrogen) atoms. The SMILES string of the molecule is CC(=O)C1(CSc2ccccc2)C(=O)N2C=Cc3ccccc3C2=C1c1ccccc1. The molecule has 1 amide bonds. The third-order valence-corrected chi connectivity index (χ3v) is 7.15. The van der Waals surface area contributed by atoms with Gasteiger partial charge in [0.15, 0.2) is 5.78 Å². The Kier molecular flexibility index (Phi) is 4.87. The number of carbonyl (C=O) groups is 2. The van der Waals surface area contributed by atoms with Gasteiger partial charge in [-0.15, -0.1) is 11.8 Å². The maximum absolute atomic E-state index is 13.9. The molecule has 1 atom stereocenters. The van der Waals surface area contributed by atoms with Gasteiger partial charge in [-0.25, -0.2) is 0 Å². The summed E-state index contributed by atoms with van der Waals surface area (Å²) in [6.45, 7) is 1.54. The minimum Gasteiger partial charge on any atom is -0.298 e. The van der Waals surface area contributed by atoms with E-state index in [4.69, 9.17) is 0 Å². The van der Waals surface area contributed by atoms with Gasteiger partial charge < -0.3 is 0 Å². The average molecular weight is 424 g/mol. The van der Waals surface area contributed by atoms with Crippen LogP contribution in [-0.4, -0.2) is 22.3 Å². The molecule has 0 spiro atoms. The van der Waals surface area contributed by atoms with Crippen molar-refractivity contribution in [1.29, 1.82) is 0 Å². The van der Waals surface area contributed by atoms with Crippen LogP contribution in [-0.2, 0) is 9.59 Å². The van der Waals surface area contributed by atoms with Crippen LogP contribution in [0.25, 0.3) is 17.3 Å². The Labute approximate surface area is 186 Å². The summed E-state index contributed by atoms with van der Waals surface area (Å²) in [5.41, 5.74) is 3.29. The van der Waals surface area contributed by atoms with Crippen LogP contribution in [0, 0.1) is 5.41 Å². The molecule has 152 valence electrons. The molecule has 0 radical (unpaired) electrons. The summed E-state index contributed by atoms with van der Waals surface area (Å²) in [5.74, 6) is 0.0430. The van der Waals surface area contributed by atoms with Gasteiger partial charge in [-0.05, 0) is 36.3 Å². The van der Waals surface area contributed by atoms with Gasteiger partial charge in [0.05, 0.1) is 5.70 Å². The predicted molar refractivity (Wildman–Crippen MR) is 126 cm³/mol. The van der Waals surface area contributed by atoms with E-state index in [1.165, 1.54) is 0 Å². The van der Waals surface area contributed by atoms with Crippen molar-refractivity contribution in [2.45, 2.75) is 11.8 Å². The highest BCUT2D eigenvalue weighted by Crippen LogP contribution is 2.54. The van der Waals surface area contributed by atoms with Gasteiger partial charge in [-0.2, -0.15) is 0 Å². The van der Waals surface area contributed by atoms with Crippen molar-refractivity contribution < 1.29 is 9.59 Å². The van der Waals surface area contributed by atoms with Gasteiger partial charge in [-0.3, -0.25) is 14.5 Å². The highest BCUT2D eigenvalue weighted by Gasteiger charge is 2.56. The molecular weight excluding hydrogens is 402 g/mol. The summed E-state index contributed by atoms with van der Waals surface area (Å²) < 4.78 is 0. The molecule has 4 heteroatoms. The monoisotopic (exact) mass is 423 g/mol. The molecule has 5 rings (SSSR count). The molecule has 2 aliphatic heterocycles. The Morgan fingerprint density at radius 1 is 0.903 bits per heavy atom. The fourth-order valence-corrected chi connectivity index (χ4v) is 5.62. The Bertz CT molecular complexity index is 1230. The summed E-state index contributed by atoms with van der Waals surface area (Å²) in [6, 6.07) is 27.8. The quantitative estimate of drug-likeness (QED) is 0.387. The van der Waals surface area contributed by atoms with Crippen molar-refractivity contribution >= 4 is 40.8 Å². The summed E-state index contributed by atoms with van der Waals surface area (Å²) in [4.78, 5) is 30.0. The molecule has 3 aromatic rings. The molecule has 0 bridgehead atoms. The van der Waals surface area contributed by atoms with Crippen LogP contribution in [0.1, 0.15) is 23.6 Å². The lowest BCUT2D eigenvalue weighted by atomic mass is 9.75. The Hall–Kier alpha value is -3.37. The van der Waals surface area contributed by atoms with E-state index in [1.807, 2.05) is 91.0 Å². The van der Waals surface area contributed by atoms with E-state index in [0.29, 0.717) is 5.75 Å². The van der Waals surface area contributed by atoms with Gasteiger partial charge in [0, 0.05) is 28.0 Å². The molecule has 0 aromatic heterocycles. The van der Waals surface area contributed by atoms with Crippen LogP contribution in [0.3, 0.4) is 0 Å². The van der Waals surface area contributed by atoms with Crippen molar-refractivity contribution in [1.82, 2.24) is 4.90 Å². The zero-order valence-electron chi connectivity index (χ0n) is 17.1. The zero-order valence-corrected chi connectivity index (χ0v) is 17.9. The second kappa shape index (κ2) is 7.71. The zero-order chi connectivity index (χ0) is 21.4. The fourth-order valence-electron chi connectivity index (χ4n) is 4.41. The Morgan fingerprint density at radius 2 is 1.55 bits per heavy atom. The van der Waals surface area contributed by atoms with Gasteiger partial charge in [0.1, 0.15) is 5.41 Å². The summed E-state index contributed by atoms with van der Waals surface area (Å²) in [6.07, 6.45) is 3.75. The summed E-state index contributed by atoms with van der Waals surface area (Å²) in [7, 11) is 0. The molecule has 0 N–H and O–H groups in total. The molecule has 2 heterocycles. The highest BCUT2D eigenvalue weighted by atomic mass is 32.2. The Morgan fingerprint density at radius 3 is 2.26 bits per heavy atom. The van der Waals surface area contributed by atoms with Gasteiger partial charge in [0.2, 0.25) is 5.91 Å². The van der Waals surface area contributed by atoms with Gasteiger partial charge in [-0.1, -0.05) is 72.8 Å². The highest BCUT2D eigenvalue weighted by molar-refractivity contribution is 7.99. The minimum absolute atomic E-state index is 0.132. The average Bonchev–Trinajstić information content (AvgIpc) is 3.08. The van der Waals surface area contributed by atoms with Gasteiger partial charge >= 0.3 is 0 Å². The molecule has 3 nitrogen and oxygen atoms in total. The van der Waals surface area contributed by atoms with E-state index in [1.54, 1.807) is 29.8 Å². The van der Waals surface area contributed by atoms with Crippen LogP contribution < -0.4 is 0 Å². The maximum Gasteiger partial charge on any atom is 0.250 e. The Balaban J connectivity index is 1.75. The lowest BCUT2D eigenvalue weighted by Crippen LogP contribution is -2.42. The number of hydrogen-bond donors (Lipinski definition) is 0. The maximum atomic E-state index is 13.9. The first-order chi connectivity index (χ1) is 15.1. The van der Waals surface area contributed by atoms with Crippen LogP contribution in [0.5, 0.6) is 0 Å². The number of benzene rings is 3. The number of rotatable bonds is 5. The molecule has 0 fully saturated rings. The standard InChI is InChI=1S/C27H21NO2S/c1-19(29)27(18-31-22-13-6-3-7-14-22)24(21-11-4-2-5-12-21)25-23-15-9-8-10-20(23)16-17-28(25)26(27)30/h2-17H,18H2,1H3. The van der Waals surface area contributed by atoms with E-state index in [2.05, 4.69) is 0 Å². The molecule has 2 aliphatic rings. The van der Waals surface area contributed by atoms with E-state index in [-0.39, 0.29) is 11.7 Å². The van der Waals surface area contributed by atoms with E-state index < -0.39 is 5.41 Å². The van der Waals surface area contributed by atoms with Crippen molar-refractivity contribution in [3.05, 3.63) is 108 Å². The van der Waals surface area contributed by atoms with Crippen LogP contribution in [0.15, 0.2) is 96.0 Å². The molecule has 0 saturated heterocycles. The topological polar surface area (TPSA) is 37.4 Å². The largest absolute Gasteiger partial charge is 0.298 e. The molecule has 0 aliphatic carbocycles. The second-order valence-electron chi connectivity index (χ2n) is 7.73. The van der Waals surface area contributed by atoms with Crippen LogP contribution >= 0.6 is 11.8 Å². The number of fused-ring (bicyclic) bond motifs is 3. The number of hydrogen-bond acceptors (Lipinski definition) is 3. The first-order valence-corrected chi connectivity index (χ1v) is 11.2. The number of carbonyl (C=O) groups excluding carboxylic acids is 2. The first-order valence-electron chi connectivity index (χ1n) is 10.2. The van der Waals surface area contributed by atoms with Gasteiger partial charge in [0.25, 0.3) is 0 Å². The molecule has 3 aromatic carbocycles. The lowest BCUT2D eigenvalue weighted by molar-refractivity contribution is -0.138. The van der Waals surface area contributed by atoms with Crippen molar-refractivity contribution in [2.75, 3.05) is 5.75 Å². The molecule has 1 unspecified atom stereocenters.